The molecule has 24 heteroatoms. The Kier molecular flexibility index (Phi) is 12.9. The van der Waals surface area contributed by atoms with Crippen LogP contribution in [0.4, 0.5) is 5.69 Å². The molecule has 1 fully saturated rings. The molecule has 46 heavy (non-hydrogen) atoms. The molecule has 1 saturated heterocycles. The molecule has 0 saturated carbocycles. The van der Waals surface area contributed by atoms with Crippen LogP contribution in [0.15, 0.2) is 34.0 Å². The van der Waals surface area contributed by atoms with Crippen molar-refractivity contribution >= 4 is 62.6 Å². The number of hydrogen-bond acceptors (Lipinski definition) is 14. The SMILES string of the molecule is CSSC(C)c1cc(NC(C)=O)ccc1C(=O)O[C@@H]1C[C@H](n2cc(C)c(=O)[nH]c2=O)OC1COP(=O)(O)OP(=O)(O)OP(=O)(O)O. The van der Waals surface area contributed by atoms with E-state index in [0.29, 0.717) is 11.3 Å². The van der Waals surface area contributed by atoms with E-state index in [1.54, 1.807) is 6.07 Å². The molecule has 6 N–H and O–H groups in total. The number of esters is 1. The molecule has 1 aromatic carbocycles. The van der Waals surface area contributed by atoms with E-state index in [-0.39, 0.29) is 28.7 Å². The number of aryl methyl sites for hydroxylation is 1. The van der Waals surface area contributed by atoms with Crippen molar-refractivity contribution in [3.8, 4) is 0 Å². The smallest absolute Gasteiger partial charge is 0.456 e. The third-order valence-electron chi connectivity index (χ3n) is 5.98. The summed E-state index contributed by atoms with van der Waals surface area (Å²) < 4.78 is 59.5. The lowest BCUT2D eigenvalue weighted by atomic mass is 10.0. The van der Waals surface area contributed by atoms with Crippen LogP contribution in [0.1, 0.15) is 53.2 Å². The van der Waals surface area contributed by atoms with Gasteiger partial charge in [-0.05, 0) is 43.9 Å². The van der Waals surface area contributed by atoms with Crippen molar-refractivity contribution in [2.75, 3.05) is 18.2 Å². The third kappa shape index (κ3) is 11.0. The van der Waals surface area contributed by atoms with Crippen LogP contribution in [0, 0.1) is 6.92 Å². The van der Waals surface area contributed by atoms with Gasteiger partial charge in [0.15, 0.2) is 0 Å². The number of H-pyrrole nitrogens is 1. The average Bonchev–Trinajstić information content (AvgIpc) is 3.29. The number of phosphoric acid groups is 3. The van der Waals surface area contributed by atoms with Crippen LogP contribution >= 0.6 is 45.1 Å². The Balaban J connectivity index is 1.92. The van der Waals surface area contributed by atoms with Gasteiger partial charge in [0, 0.05) is 36.0 Å². The number of nitrogens with zero attached hydrogens (tertiary/aromatic N) is 1. The number of aromatic nitrogens is 2. The Morgan fingerprint density at radius 1 is 1.15 bits per heavy atom. The minimum Gasteiger partial charge on any atom is -0.456 e. The first-order valence-electron chi connectivity index (χ1n) is 12.8. The summed E-state index contributed by atoms with van der Waals surface area (Å²) in [6.45, 7) is 3.56. The number of rotatable bonds is 14. The Labute approximate surface area is 268 Å². The highest BCUT2D eigenvalue weighted by molar-refractivity contribution is 8.76. The van der Waals surface area contributed by atoms with Crippen molar-refractivity contribution in [3.63, 3.8) is 0 Å². The van der Waals surface area contributed by atoms with E-state index >= 15 is 0 Å². The highest BCUT2D eigenvalue weighted by atomic mass is 33.1. The van der Waals surface area contributed by atoms with Crippen molar-refractivity contribution in [1.29, 1.82) is 0 Å². The minimum atomic E-state index is -5.82. The standard InChI is InChI=1S/C22H30N3O16P3S2/c1-11-9-25(22(29)24-20(11)27)19-8-17(18(38-19)10-37-43(33,34)41-44(35,36)40-42(30,31)32)39-21(28)15-6-5-14(23-13(3)26)7-16(15)12(2)46-45-4/h5-7,9,12,17-19H,8,10H2,1-4H3,(H,23,26)(H,33,34)(H,35,36)(H,24,27,29)(H2,30,31,32)/t12?,17-,18?,19-/m1/s1. The van der Waals surface area contributed by atoms with E-state index in [2.05, 4.69) is 18.9 Å². The van der Waals surface area contributed by atoms with E-state index in [1.807, 2.05) is 13.2 Å². The van der Waals surface area contributed by atoms with Gasteiger partial charge in [0.1, 0.15) is 18.4 Å². The number of ether oxygens (including phenoxy) is 2. The maximum Gasteiger partial charge on any atom is 0.490 e. The monoisotopic (exact) mass is 749 g/mol. The topological polar surface area (TPSA) is 279 Å². The molecule has 1 amide bonds. The molecule has 19 nitrogen and oxygen atoms in total. The number of amides is 1. The first-order valence-corrected chi connectivity index (χ1v) is 19.9. The lowest BCUT2D eigenvalue weighted by molar-refractivity contribution is -0.114. The molecule has 3 rings (SSSR count). The van der Waals surface area contributed by atoms with Gasteiger partial charge in [-0.25, -0.2) is 23.3 Å². The second-order valence-corrected chi connectivity index (χ2v) is 16.8. The van der Waals surface area contributed by atoms with Crippen LogP contribution in [-0.2, 0) is 41.1 Å². The summed E-state index contributed by atoms with van der Waals surface area (Å²) in [4.78, 5) is 88.4. The molecule has 4 unspecified atom stereocenters. The van der Waals surface area contributed by atoms with Gasteiger partial charge in [0.2, 0.25) is 5.91 Å². The number of phosphoric ester groups is 1. The van der Waals surface area contributed by atoms with Gasteiger partial charge in [0.25, 0.3) is 5.56 Å². The van der Waals surface area contributed by atoms with Crippen LogP contribution in [0.25, 0.3) is 0 Å². The fraction of sp³-hybridized carbons (Fsp3) is 0.455. The lowest BCUT2D eigenvalue weighted by Gasteiger charge is -2.22. The number of carbonyl (C=O) groups is 2. The van der Waals surface area contributed by atoms with E-state index in [0.717, 1.165) is 4.57 Å². The Hall–Kier alpha value is -2.09. The van der Waals surface area contributed by atoms with E-state index in [9.17, 15) is 42.7 Å². The Morgan fingerprint density at radius 2 is 1.83 bits per heavy atom. The van der Waals surface area contributed by atoms with Gasteiger partial charge < -0.3 is 34.4 Å². The van der Waals surface area contributed by atoms with Gasteiger partial charge in [-0.1, -0.05) is 21.6 Å². The lowest BCUT2D eigenvalue weighted by Crippen LogP contribution is -2.33. The molecule has 1 aliphatic rings. The fourth-order valence-electron chi connectivity index (χ4n) is 4.18. The van der Waals surface area contributed by atoms with Gasteiger partial charge in [-0.2, -0.15) is 8.62 Å². The van der Waals surface area contributed by atoms with Gasteiger partial charge >= 0.3 is 35.1 Å². The summed E-state index contributed by atoms with van der Waals surface area (Å²) in [5.41, 5.74) is -0.438. The number of nitrogens with one attached hydrogen (secondary N) is 2. The van der Waals surface area contributed by atoms with Gasteiger partial charge in [-0.15, -0.1) is 0 Å². The normalized spacial score (nSPS) is 21.6. The Bertz CT molecular complexity index is 1730. The molecule has 0 radical (unpaired) electrons. The van der Waals surface area contributed by atoms with Crippen LogP contribution in [0.2, 0.25) is 0 Å². The van der Waals surface area contributed by atoms with Crippen molar-refractivity contribution < 1.29 is 65.5 Å². The quantitative estimate of drug-likeness (QED) is 0.0920. The van der Waals surface area contributed by atoms with Crippen LogP contribution in [0.5, 0.6) is 0 Å². The number of carbonyl (C=O) groups excluding carboxylic acids is 2. The molecule has 0 spiro atoms. The third-order valence-corrected chi connectivity index (χ3v) is 12.0. The zero-order valence-corrected chi connectivity index (χ0v) is 28.6. The molecular weight excluding hydrogens is 719 g/mol. The molecule has 1 aromatic heterocycles. The second kappa shape index (κ2) is 15.4. The number of hydrogen-bond donors (Lipinski definition) is 6. The summed E-state index contributed by atoms with van der Waals surface area (Å²) in [6.07, 6.45) is -1.22. The summed E-state index contributed by atoms with van der Waals surface area (Å²) in [5.74, 6) is -1.23. The summed E-state index contributed by atoms with van der Waals surface area (Å²) in [6, 6.07) is 4.49. The maximum atomic E-state index is 13.5. The number of aromatic amines is 1. The maximum absolute atomic E-state index is 13.5. The van der Waals surface area contributed by atoms with Crippen LogP contribution in [0.3, 0.4) is 0 Å². The molecule has 2 heterocycles. The summed E-state index contributed by atoms with van der Waals surface area (Å²) in [5, 5.41) is 2.36. The highest BCUT2D eigenvalue weighted by Gasteiger charge is 2.44. The van der Waals surface area contributed by atoms with Crippen molar-refractivity contribution in [2.45, 2.75) is 50.9 Å². The molecule has 0 aliphatic carbocycles. The zero-order chi connectivity index (χ0) is 34.6. The minimum absolute atomic E-state index is 0.0929. The molecule has 2 aromatic rings. The predicted octanol–water partition coefficient (Wildman–Crippen LogP) is 2.73. The highest BCUT2D eigenvalue weighted by Crippen LogP contribution is 2.66. The number of benzene rings is 1. The van der Waals surface area contributed by atoms with E-state index < -0.39 is 65.7 Å². The van der Waals surface area contributed by atoms with Crippen molar-refractivity contribution in [1.82, 2.24) is 9.55 Å². The summed E-state index contributed by atoms with van der Waals surface area (Å²) in [7, 11) is -14.2. The van der Waals surface area contributed by atoms with E-state index in [1.165, 1.54) is 53.8 Å². The van der Waals surface area contributed by atoms with Gasteiger partial charge in [0.05, 0.1) is 12.2 Å². The molecule has 0 bridgehead atoms. The average molecular weight is 750 g/mol. The largest absolute Gasteiger partial charge is 0.490 e. The first-order chi connectivity index (χ1) is 21.2. The molecule has 256 valence electrons. The Morgan fingerprint density at radius 3 is 2.43 bits per heavy atom. The van der Waals surface area contributed by atoms with Crippen molar-refractivity contribution in [3.05, 3.63) is 61.9 Å². The molecular formula is C22H30N3O16P3S2. The molecule has 6 atom stereocenters. The van der Waals surface area contributed by atoms with Gasteiger partial charge in [-0.3, -0.25) is 23.7 Å². The number of anilines is 1. The van der Waals surface area contributed by atoms with Crippen LogP contribution in [-0.4, -0.2) is 66.1 Å². The zero-order valence-electron chi connectivity index (χ0n) is 24.3. The van der Waals surface area contributed by atoms with E-state index in [4.69, 9.17) is 23.8 Å². The fourth-order valence-corrected chi connectivity index (χ4v) is 8.97. The predicted molar refractivity (Wildman–Crippen MR) is 164 cm³/mol. The second-order valence-electron chi connectivity index (χ2n) is 9.56. The molecule has 1 aliphatic heterocycles. The van der Waals surface area contributed by atoms with Crippen LogP contribution < -0.4 is 16.6 Å². The first kappa shape index (κ1) is 38.4. The van der Waals surface area contributed by atoms with Crippen molar-refractivity contribution in [2.24, 2.45) is 0 Å². The summed E-state index contributed by atoms with van der Waals surface area (Å²) >= 11 is 0.